The highest BCUT2D eigenvalue weighted by Gasteiger charge is 2.32. The predicted molar refractivity (Wildman–Crippen MR) is 132 cm³/mol. The smallest absolute Gasteiger partial charge is 0.290 e. The van der Waals surface area contributed by atoms with Gasteiger partial charge in [-0.2, -0.15) is 0 Å². The molecule has 3 aromatic rings. The molecular weight excluding hydrogens is 522 g/mol. The zero-order chi connectivity index (χ0) is 25.6. The molecule has 0 spiro atoms. The summed E-state index contributed by atoms with van der Waals surface area (Å²) in [6, 6.07) is 11.0. The van der Waals surface area contributed by atoms with Crippen LogP contribution in [-0.4, -0.2) is 56.1 Å². The summed E-state index contributed by atoms with van der Waals surface area (Å²) in [7, 11) is -2.83. The molecule has 0 radical (unpaired) electrons. The van der Waals surface area contributed by atoms with E-state index in [0.29, 0.717) is 6.54 Å². The number of thiazole rings is 1. The van der Waals surface area contributed by atoms with Crippen LogP contribution >= 0.6 is 22.9 Å². The summed E-state index contributed by atoms with van der Waals surface area (Å²) in [6.45, 7) is 2.05. The SMILES string of the molecule is CN(c1cc(F)c(S(=O)(=O)Nc2cscn2)c(F)c1Cl)C1CCN(Cc2ccccc2)C1.O=CO. The van der Waals surface area contributed by atoms with E-state index in [4.69, 9.17) is 21.5 Å². The van der Waals surface area contributed by atoms with Crippen LogP contribution in [0.3, 0.4) is 0 Å². The van der Waals surface area contributed by atoms with E-state index in [9.17, 15) is 12.8 Å². The summed E-state index contributed by atoms with van der Waals surface area (Å²) in [5, 5.41) is 7.87. The van der Waals surface area contributed by atoms with Gasteiger partial charge in [-0.1, -0.05) is 41.9 Å². The molecule has 2 N–H and O–H groups in total. The molecule has 0 amide bonds. The van der Waals surface area contributed by atoms with Gasteiger partial charge in [-0.3, -0.25) is 14.4 Å². The van der Waals surface area contributed by atoms with E-state index in [1.807, 2.05) is 18.2 Å². The third-order valence-electron chi connectivity index (χ3n) is 5.46. The molecule has 0 aliphatic carbocycles. The summed E-state index contributed by atoms with van der Waals surface area (Å²) in [6.07, 6.45) is 0.786. The third-order valence-corrected chi connectivity index (χ3v) is 7.80. The minimum Gasteiger partial charge on any atom is -0.483 e. The summed E-state index contributed by atoms with van der Waals surface area (Å²) in [5.74, 6) is -2.55. The van der Waals surface area contributed by atoms with Crippen LogP contribution in [-0.2, 0) is 21.4 Å². The number of nitrogens with zero attached hydrogens (tertiary/aromatic N) is 3. The lowest BCUT2D eigenvalue weighted by Gasteiger charge is -2.28. The highest BCUT2D eigenvalue weighted by molar-refractivity contribution is 7.92. The Morgan fingerprint density at radius 2 is 2.03 bits per heavy atom. The number of benzene rings is 2. The molecule has 1 aliphatic heterocycles. The lowest BCUT2D eigenvalue weighted by atomic mass is 10.2. The normalized spacial score (nSPS) is 15.8. The molecule has 2 aromatic carbocycles. The molecule has 1 atom stereocenters. The Morgan fingerprint density at radius 3 is 2.66 bits per heavy atom. The number of halogens is 3. The standard InChI is InChI=1S/C21H21ClF2N4O2S2.CH2O2/c1-27(15-7-8-28(11-15)10-14-5-3-2-4-6-14)17-9-16(23)21(20(24)19(17)22)32(29,30)26-18-12-31-13-25-18;2-1-3/h2-6,9,12-13,15,26H,7-8,10-11H2,1H3;1H,(H,2,3). The zero-order valence-electron chi connectivity index (χ0n) is 18.6. The number of likely N-dealkylation sites (N-methyl/N-ethyl adjacent to an activating group) is 1. The fraction of sp³-hybridized carbons (Fsp3) is 0.273. The molecule has 0 saturated carbocycles. The van der Waals surface area contributed by atoms with Gasteiger partial charge >= 0.3 is 0 Å². The number of carboxylic acid groups (broad SMARTS) is 1. The van der Waals surface area contributed by atoms with Crippen molar-refractivity contribution in [3.63, 3.8) is 0 Å². The van der Waals surface area contributed by atoms with Crippen molar-refractivity contribution < 1.29 is 27.1 Å². The Hall–Kier alpha value is -2.80. The van der Waals surface area contributed by atoms with E-state index in [1.165, 1.54) is 16.5 Å². The van der Waals surface area contributed by atoms with Gasteiger partial charge in [0.2, 0.25) is 0 Å². The van der Waals surface area contributed by atoms with E-state index in [0.717, 1.165) is 36.9 Å². The second-order valence-electron chi connectivity index (χ2n) is 7.69. The maximum atomic E-state index is 15.0. The van der Waals surface area contributed by atoms with Crippen molar-refractivity contribution in [2.45, 2.75) is 23.9 Å². The molecule has 1 unspecified atom stereocenters. The molecule has 1 aliphatic rings. The van der Waals surface area contributed by atoms with Gasteiger partial charge in [0.15, 0.2) is 16.5 Å². The second-order valence-corrected chi connectivity index (χ2v) is 10.4. The molecule has 0 bridgehead atoms. The van der Waals surface area contributed by atoms with Gasteiger partial charge in [-0.25, -0.2) is 22.2 Å². The van der Waals surface area contributed by atoms with Gasteiger partial charge in [0.25, 0.3) is 16.5 Å². The summed E-state index contributed by atoms with van der Waals surface area (Å²) >= 11 is 7.34. The summed E-state index contributed by atoms with van der Waals surface area (Å²) in [4.78, 5) is 15.0. The Morgan fingerprint density at radius 1 is 1.34 bits per heavy atom. The maximum Gasteiger partial charge on any atom is 0.290 e. The van der Waals surface area contributed by atoms with Gasteiger partial charge in [-0.05, 0) is 12.0 Å². The van der Waals surface area contributed by atoms with Crippen molar-refractivity contribution in [3.05, 3.63) is 69.5 Å². The van der Waals surface area contributed by atoms with Crippen molar-refractivity contribution >= 4 is 50.9 Å². The average Bonchev–Trinajstić information content (AvgIpc) is 3.49. The zero-order valence-corrected chi connectivity index (χ0v) is 21.0. The van der Waals surface area contributed by atoms with E-state index in [2.05, 4.69) is 26.7 Å². The number of hydrogen-bond acceptors (Lipinski definition) is 7. The predicted octanol–water partition coefficient (Wildman–Crippen LogP) is 4.29. The fourth-order valence-electron chi connectivity index (χ4n) is 3.83. The monoisotopic (exact) mass is 544 g/mol. The van der Waals surface area contributed by atoms with E-state index in [1.54, 1.807) is 11.9 Å². The first-order valence-corrected chi connectivity index (χ1v) is 13.1. The lowest BCUT2D eigenvalue weighted by Crippen LogP contribution is -2.35. The number of nitrogens with one attached hydrogen (secondary N) is 1. The highest BCUT2D eigenvalue weighted by Crippen LogP contribution is 2.36. The van der Waals surface area contributed by atoms with Crippen LogP contribution in [0.1, 0.15) is 12.0 Å². The maximum absolute atomic E-state index is 15.0. The Labute approximate surface area is 210 Å². The van der Waals surface area contributed by atoms with Crippen LogP contribution in [0.4, 0.5) is 20.3 Å². The number of hydrogen-bond donors (Lipinski definition) is 2. The number of aromatic nitrogens is 1. The van der Waals surface area contributed by atoms with Gasteiger partial charge in [-0.15, -0.1) is 11.3 Å². The third kappa shape index (κ3) is 6.45. The van der Waals surface area contributed by atoms with Crippen LogP contribution in [0.15, 0.2) is 52.2 Å². The Kier molecular flexibility index (Phi) is 9.00. The van der Waals surface area contributed by atoms with E-state index < -0.39 is 31.6 Å². The molecule has 188 valence electrons. The molecule has 8 nitrogen and oxygen atoms in total. The van der Waals surface area contributed by atoms with Gasteiger partial charge in [0.1, 0.15) is 10.8 Å². The van der Waals surface area contributed by atoms with Crippen molar-refractivity contribution in [2.75, 3.05) is 29.8 Å². The van der Waals surface area contributed by atoms with Crippen LogP contribution in [0.25, 0.3) is 0 Å². The average molecular weight is 545 g/mol. The molecule has 2 heterocycles. The molecule has 35 heavy (non-hydrogen) atoms. The van der Waals surface area contributed by atoms with Gasteiger partial charge < -0.3 is 10.0 Å². The number of carbonyl (C=O) groups is 1. The molecular formula is C22H23ClF2N4O4S2. The molecule has 4 rings (SSSR count). The van der Waals surface area contributed by atoms with Gasteiger partial charge in [0, 0.05) is 44.2 Å². The molecule has 1 aromatic heterocycles. The summed E-state index contributed by atoms with van der Waals surface area (Å²) < 4.78 is 57.0. The first-order valence-electron chi connectivity index (χ1n) is 10.3. The quantitative estimate of drug-likeness (QED) is 0.338. The van der Waals surface area contributed by atoms with Crippen LogP contribution in [0.5, 0.6) is 0 Å². The van der Waals surface area contributed by atoms with Crippen molar-refractivity contribution in [1.82, 2.24) is 9.88 Å². The summed E-state index contributed by atoms with van der Waals surface area (Å²) in [5.41, 5.74) is 2.70. The number of anilines is 2. The number of likely N-dealkylation sites (tertiary alicyclic amines) is 1. The van der Waals surface area contributed by atoms with Crippen LogP contribution in [0.2, 0.25) is 5.02 Å². The first-order chi connectivity index (χ1) is 16.7. The van der Waals surface area contributed by atoms with Crippen LogP contribution in [0, 0.1) is 11.6 Å². The Balaban J connectivity index is 0.00000108. The van der Waals surface area contributed by atoms with Crippen LogP contribution < -0.4 is 9.62 Å². The minimum atomic E-state index is -4.54. The largest absolute Gasteiger partial charge is 0.483 e. The topological polar surface area (TPSA) is 103 Å². The van der Waals surface area contributed by atoms with Crippen molar-refractivity contribution in [1.29, 1.82) is 0 Å². The number of sulfonamides is 1. The van der Waals surface area contributed by atoms with E-state index >= 15 is 4.39 Å². The Bertz CT molecular complexity index is 1250. The fourth-order valence-corrected chi connectivity index (χ4v) is 5.87. The molecule has 13 heteroatoms. The molecule has 1 saturated heterocycles. The minimum absolute atomic E-state index is 0.0180. The van der Waals surface area contributed by atoms with Crippen molar-refractivity contribution in [3.8, 4) is 0 Å². The second kappa shape index (κ2) is 11.8. The van der Waals surface area contributed by atoms with E-state index in [-0.39, 0.29) is 24.0 Å². The lowest BCUT2D eigenvalue weighted by molar-refractivity contribution is -0.122. The number of rotatable bonds is 7. The highest BCUT2D eigenvalue weighted by atomic mass is 35.5. The van der Waals surface area contributed by atoms with Crippen molar-refractivity contribution in [2.24, 2.45) is 0 Å². The van der Waals surface area contributed by atoms with Gasteiger partial charge in [0.05, 0.1) is 11.2 Å². The first kappa shape index (κ1) is 26.8. The molecule has 1 fully saturated rings.